The van der Waals surface area contributed by atoms with E-state index < -0.39 is 0 Å². The SMILES string of the molecule is CCC(C)(C)CC(OC(OC(C)(C)C(C)C)C(C)C)C(C)(C)C. The minimum atomic E-state index is -0.183. The first kappa shape index (κ1) is 22.9. The molecule has 0 aromatic rings. The molecule has 2 nitrogen and oxygen atoms in total. The second-order valence-corrected chi connectivity index (χ2v) is 10.2. The average Bonchev–Trinajstić information content (AvgIpc) is 2.35. The molecular weight excluding hydrogens is 284 g/mol. The lowest BCUT2D eigenvalue weighted by Crippen LogP contribution is -2.44. The van der Waals surface area contributed by atoms with Crippen molar-refractivity contribution in [1.29, 1.82) is 0 Å². The van der Waals surface area contributed by atoms with Crippen LogP contribution in [0.4, 0.5) is 0 Å². The van der Waals surface area contributed by atoms with Crippen LogP contribution in [-0.2, 0) is 9.47 Å². The van der Waals surface area contributed by atoms with E-state index >= 15 is 0 Å². The summed E-state index contributed by atoms with van der Waals surface area (Å²) < 4.78 is 13.0. The minimum absolute atomic E-state index is 0.102. The van der Waals surface area contributed by atoms with Gasteiger partial charge in [0.2, 0.25) is 0 Å². The van der Waals surface area contributed by atoms with E-state index in [4.69, 9.17) is 9.47 Å². The summed E-state index contributed by atoms with van der Waals surface area (Å²) in [6.45, 7) is 26.9. The van der Waals surface area contributed by atoms with Crippen LogP contribution >= 0.6 is 0 Å². The monoisotopic (exact) mass is 328 g/mol. The van der Waals surface area contributed by atoms with Gasteiger partial charge in [-0.2, -0.15) is 0 Å². The first-order valence-electron chi connectivity index (χ1n) is 9.45. The van der Waals surface area contributed by atoms with Crippen LogP contribution in [0.25, 0.3) is 0 Å². The van der Waals surface area contributed by atoms with E-state index in [-0.39, 0.29) is 28.8 Å². The number of hydrogen-bond donors (Lipinski definition) is 0. The van der Waals surface area contributed by atoms with Crippen molar-refractivity contribution in [2.45, 2.75) is 114 Å². The molecule has 2 atom stereocenters. The van der Waals surface area contributed by atoms with Gasteiger partial charge in [0.1, 0.15) is 0 Å². The normalized spacial score (nSPS) is 17.0. The molecule has 0 aromatic heterocycles. The predicted octanol–water partition coefficient (Wildman–Crippen LogP) is 6.68. The smallest absolute Gasteiger partial charge is 0.160 e. The molecule has 0 fully saturated rings. The maximum Gasteiger partial charge on any atom is 0.160 e. The van der Waals surface area contributed by atoms with E-state index in [1.54, 1.807) is 0 Å². The van der Waals surface area contributed by atoms with Crippen molar-refractivity contribution in [3.05, 3.63) is 0 Å². The van der Waals surface area contributed by atoms with Crippen molar-refractivity contribution in [3.8, 4) is 0 Å². The standard InChI is InChI=1S/C21H44O2/c1-13-20(9,10)14-17(19(6,7)8)22-18(15(2)3)23-21(11,12)16(4)5/h15-18H,13-14H2,1-12H3. The highest BCUT2D eigenvalue weighted by atomic mass is 16.7. The first-order valence-corrected chi connectivity index (χ1v) is 9.45. The zero-order valence-electron chi connectivity index (χ0n) is 18.0. The van der Waals surface area contributed by atoms with E-state index in [9.17, 15) is 0 Å². The molecule has 0 spiro atoms. The van der Waals surface area contributed by atoms with E-state index in [1.807, 2.05) is 0 Å². The van der Waals surface area contributed by atoms with Gasteiger partial charge in [0.05, 0.1) is 11.7 Å². The number of ether oxygens (including phenoxy) is 2. The lowest BCUT2D eigenvalue weighted by atomic mass is 9.76. The van der Waals surface area contributed by atoms with Crippen LogP contribution in [0, 0.1) is 22.7 Å². The van der Waals surface area contributed by atoms with Crippen LogP contribution in [0.1, 0.15) is 95.9 Å². The third kappa shape index (κ3) is 8.03. The summed E-state index contributed by atoms with van der Waals surface area (Å²) >= 11 is 0. The van der Waals surface area contributed by atoms with Crippen LogP contribution < -0.4 is 0 Å². The van der Waals surface area contributed by atoms with Gasteiger partial charge < -0.3 is 9.47 Å². The van der Waals surface area contributed by atoms with E-state index in [0.717, 1.165) is 12.8 Å². The van der Waals surface area contributed by atoms with Gasteiger partial charge in [-0.1, -0.05) is 75.7 Å². The molecule has 0 saturated carbocycles. The largest absolute Gasteiger partial charge is 0.349 e. The van der Waals surface area contributed by atoms with Gasteiger partial charge in [-0.25, -0.2) is 0 Å². The molecule has 140 valence electrons. The lowest BCUT2D eigenvalue weighted by molar-refractivity contribution is -0.263. The van der Waals surface area contributed by atoms with E-state index in [1.165, 1.54) is 0 Å². The Morgan fingerprint density at radius 3 is 1.61 bits per heavy atom. The molecule has 2 unspecified atom stereocenters. The van der Waals surface area contributed by atoms with Crippen molar-refractivity contribution in [2.75, 3.05) is 0 Å². The quantitative estimate of drug-likeness (QED) is 0.440. The van der Waals surface area contributed by atoms with Crippen molar-refractivity contribution in [1.82, 2.24) is 0 Å². The van der Waals surface area contributed by atoms with Gasteiger partial charge in [-0.3, -0.25) is 0 Å². The molecule has 0 rings (SSSR count). The fraction of sp³-hybridized carbons (Fsp3) is 1.00. The van der Waals surface area contributed by atoms with Gasteiger partial charge in [-0.15, -0.1) is 0 Å². The summed E-state index contributed by atoms with van der Waals surface area (Å²) in [5.74, 6) is 0.787. The summed E-state index contributed by atoms with van der Waals surface area (Å²) in [6, 6.07) is 0. The Hall–Kier alpha value is -0.0800. The van der Waals surface area contributed by atoms with Crippen molar-refractivity contribution in [3.63, 3.8) is 0 Å². The predicted molar refractivity (Wildman–Crippen MR) is 102 cm³/mol. The number of rotatable bonds is 9. The maximum atomic E-state index is 6.58. The summed E-state index contributed by atoms with van der Waals surface area (Å²) in [5.41, 5.74) is 0.204. The minimum Gasteiger partial charge on any atom is -0.349 e. The Kier molecular flexibility index (Phi) is 8.31. The Morgan fingerprint density at radius 2 is 1.30 bits per heavy atom. The first-order chi connectivity index (χ1) is 10.1. The molecule has 0 aliphatic carbocycles. The highest BCUT2D eigenvalue weighted by molar-refractivity contribution is 4.83. The Bertz CT molecular complexity index is 334. The summed E-state index contributed by atoms with van der Waals surface area (Å²) in [4.78, 5) is 0. The Morgan fingerprint density at radius 1 is 0.826 bits per heavy atom. The molecule has 0 aliphatic heterocycles. The molecule has 0 amide bonds. The van der Waals surface area contributed by atoms with Crippen molar-refractivity contribution in [2.24, 2.45) is 22.7 Å². The third-order valence-corrected chi connectivity index (χ3v) is 5.31. The highest BCUT2D eigenvalue weighted by Crippen LogP contribution is 2.37. The fourth-order valence-electron chi connectivity index (χ4n) is 2.12. The second kappa shape index (κ2) is 8.34. The van der Waals surface area contributed by atoms with Gasteiger partial charge in [-0.05, 0) is 37.0 Å². The lowest BCUT2D eigenvalue weighted by Gasteiger charge is -2.42. The molecule has 0 saturated heterocycles. The van der Waals surface area contributed by atoms with Gasteiger partial charge in [0.15, 0.2) is 6.29 Å². The van der Waals surface area contributed by atoms with Crippen LogP contribution in [0.15, 0.2) is 0 Å². The fourth-order valence-corrected chi connectivity index (χ4v) is 2.12. The van der Waals surface area contributed by atoms with Gasteiger partial charge >= 0.3 is 0 Å². The van der Waals surface area contributed by atoms with E-state index in [0.29, 0.717) is 11.8 Å². The molecule has 23 heavy (non-hydrogen) atoms. The molecule has 0 N–H and O–H groups in total. The van der Waals surface area contributed by atoms with E-state index in [2.05, 4.69) is 83.1 Å². The number of hydrogen-bond acceptors (Lipinski definition) is 2. The molecule has 0 bridgehead atoms. The highest BCUT2D eigenvalue weighted by Gasteiger charge is 2.36. The zero-order valence-corrected chi connectivity index (χ0v) is 18.0. The second-order valence-electron chi connectivity index (χ2n) is 10.2. The molecular formula is C21H44O2. The summed E-state index contributed by atoms with van der Waals surface area (Å²) in [6.07, 6.45) is 2.24. The molecule has 2 heteroatoms. The Labute approximate surface area is 146 Å². The third-order valence-electron chi connectivity index (χ3n) is 5.31. The summed E-state index contributed by atoms with van der Waals surface area (Å²) in [5, 5.41) is 0. The molecule has 0 heterocycles. The van der Waals surface area contributed by atoms with Crippen molar-refractivity contribution < 1.29 is 9.47 Å². The van der Waals surface area contributed by atoms with Crippen molar-refractivity contribution >= 4 is 0 Å². The topological polar surface area (TPSA) is 18.5 Å². The average molecular weight is 329 g/mol. The molecule has 0 aliphatic rings. The summed E-state index contributed by atoms with van der Waals surface area (Å²) in [7, 11) is 0. The molecule has 0 aromatic carbocycles. The van der Waals surface area contributed by atoms with Crippen LogP contribution in [0.2, 0.25) is 0 Å². The zero-order chi connectivity index (χ0) is 18.6. The van der Waals surface area contributed by atoms with Gasteiger partial charge in [0, 0.05) is 5.92 Å². The van der Waals surface area contributed by atoms with Crippen LogP contribution in [-0.4, -0.2) is 18.0 Å². The Balaban J connectivity index is 5.25. The van der Waals surface area contributed by atoms with Gasteiger partial charge in [0.25, 0.3) is 0 Å². The van der Waals surface area contributed by atoms with Crippen LogP contribution in [0.3, 0.4) is 0 Å². The maximum absolute atomic E-state index is 6.58. The molecule has 0 radical (unpaired) electrons. The van der Waals surface area contributed by atoms with Crippen LogP contribution in [0.5, 0.6) is 0 Å².